The van der Waals surface area contributed by atoms with Crippen LogP contribution in [0, 0.1) is 12.3 Å². The second-order valence-electron chi connectivity index (χ2n) is 6.22. The molecule has 1 saturated heterocycles. The number of nitrogens with one attached hydrogen (secondary N) is 1. The van der Waals surface area contributed by atoms with Crippen LogP contribution in [0.4, 0.5) is 10.6 Å². The predicted molar refractivity (Wildman–Crippen MR) is 83.3 cm³/mol. The number of hydrogen-bond donors (Lipinski definition) is 1. The van der Waals surface area contributed by atoms with Crippen molar-refractivity contribution in [2.24, 2.45) is 5.41 Å². The molecule has 1 aliphatic rings. The number of rotatable bonds is 2. The van der Waals surface area contributed by atoms with Gasteiger partial charge in [0.05, 0.1) is 6.04 Å². The van der Waals surface area contributed by atoms with Crippen LogP contribution in [-0.4, -0.2) is 32.4 Å². The Morgan fingerprint density at radius 1 is 1.36 bits per heavy atom. The Hall–Kier alpha value is -2.50. The van der Waals surface area contributed by atoms with E-state index < -0.39 is 0 Å². The Bertz CT molecular complexity index is 686. The average Bonchev–Trinajstić information content (AvgIpc) is 2.46. The third-order valence-corrected chi connectivity index (χ3v) is 3.90. The zero-order chi connectivity index (χ0) is 15.7. The highest BCUT2D eigenvalue weighted by molar-refractivity contribution is 5.89. The van der Waals surface area contributed by atoms with Gasteiger partial charge in [0, 0.05) is 30.6 Å². The molecule has 0 aliphatic carbocycles. The Morgan fingerprint density at radius 3 is 2.82 bits per heavy atom. The first-order valence-corrected chi connectivity index (χ1v) is 7.24. The lowest BCUT2D eigenvalue weighted by molar-refractivity contribution is -0.0117. The lowest BCUT2D eigenvalue weighted by Crippen LogP contribution is -2.59. The molecule has 1 fully saturated rings. The number of aromatic nitrogens is 3. The monoisotopic (exact) mass is 297 g/mol. The Labute approximate surface area is 129 Å². The van der Waals surface area contributed by atoms with Gasteiger partial charge in [-0.25, -0.2) is 14.8 Å². The molecular formula is C16H19N5O. The summed E-state index contributed by atoms with van der Waals surface area (Å²) in [5.74, 6) is 1.15. The van der Waals surface area contributed by atoms with Crippen LogP contribution in [-0.2, 0) is 0 Å². The van der Waals surface area contributed by atoms with Gasteiger partial charge in [-0.1, -0.05) is 19.9 Å². The molecule has 1 N–H and O–H groups in total. The molecule has 0 bridgehead atoms. The van der Waals surface area contributed by atoms with Gasteiger partial charge in [-0.3, -0.25) is 10.3 Å². The molecule has 3 rings (SSSR count). The van der Waals surface area contributed by atoms with Crippen LogP contribution in [0.3, 0.4) is 0 Å². The highest BCUT2D eigenvalue weighted by Crippen LogP contribution is 2.48. The van der Waals surface area contributed by atoms with E-state index in [4.69, 9.17) is 0 Å². The molecule has 0 spiro atoms. The van der Waals surface area contributed by atoms with Crippen LogP contribution in [0.25, 0.3) is 0 Å². The number of carbonyl (C=O) groups is 1. The Morgan fingerprint density at radius 2 is 2.18 bits per heavy atom. The molecule has 22 heavy (non-hydrogen) atoms. The standard InChI is InChI=1S/C16H19N5O/c1-11-18-8-6-13(19-11)20-15(22)21-10-16(2,3)14(21)12-5-4-7-17-9-12/h4-9,14H,10H2,1-3H3,(H,18,19,20,22). The van der Waals surface area contributed by atoms with E-state index in [1.807, 2.05) is 23.2 Å². The SMILES string of the molecule is Cc1nccc(NC(=O)N2CC(C)(C)C2c2cccnc2)n1. The molecule has 2 aromatic rings. The van der Waals surface area contributed by atoms with Crippen molar-refractivity contribution in [3.05, 3.63) is 48.2 Å². The zero-order valence-electron chi connectivity index (χ0n) is 12.9. The Kier molecular flexibility index (Phi) is 3.52. The van der Waals surface area contributed by atoms with Crippen molar-refractivity contribution in [3.63, 3.8) is 0 Å². The number of anilines is 1. The van der Waals surface area contributed by atoms with Crippen LogP contribution in [0.15, 0.2) is 36.8 Å². The van der Waals surface area contributed by atoms with Crippen molar-refractivity contribution < 1.29 is 4.79 Å². The van der Waals surface area contributed by atoms with E-state index in [-0.39, 0.29) is 17.5 Å². The summed E-state index contributed by atoms with van der Waals surface area (Å²) in [6.45, 7) is 6.80. The fourth-order valence-corrected chi connectivity index (χ4v) is 2.99. The molecule has 6 heteroatoms. The molecule has 1 atom stereocenters. The lowest BCUT2D eigenvalue weighted by atomic mass is 9.72. The van der Waals surface area contributed by atoms with Gasteiger partial charge in [0.1, 0.15) is 11.6 Å². The van der Waals surface area contributed by atoms with Crippen LogP contribution in [0.2, 0.25) is 0 Å². The van der Waals surface area contributed by atoms with E-state index in [1.165, 1.54) is 0 Å². The topological polar surface area (TPSA) is 71.0 Å². The minimum atomic E-state index is -0.147. The zero-order valence-corrected chi connectivity index (χ0v) is 12.9. The summed E-state index contributed by atoms with van der Waals surface area (Å²) >= 11 is 0. The highest BCUT2D eigenvalue weighted by atomic mass is 16.2. The summed E-state index contributed by atoms with van der Waals surface area (Å²) in [4.78, 5) is 26.7. The van der Waals surface area contributed by atoms with Gasteiger partial charge < -0.3 is 4.90 Å². The molecular weight excluding hydrogens is 278 g/mol. The van der Waals surface area contributed by atoms with E-state index in [0.29, 0.717) is 18.2 Å². The van der Waals surface area contributed by atoms with Gasteiger partial charge >= 0.3 is 6.03 Å². The number of amides is 2. The van der Waals surface area contributed by atoms with E-state index in [1.54, 1.807) is 25.4 Å². The number of pyridine rings is 1. The van der Waals surface area contributed by atoms with E-state index in [0.717, 1.165) is 5.56 Å². The number of urea groups is 1. The molecule has 0 radical (unpaired) electrons. The first-order valence-electron chi connectivity index (χ1n) is 7.24. The molecule has 2 amide bonds. The number of likely N-dealkylation sites (tertiary alicyclic amines) is 1. The fraction of sp³-hybridized carbons (Fsp3) is 0.375. The average molecular weight is 297 g/mol. The molecule has 1 aliphatic heterocycles. The number of aryl methyl sites for hydroxylation is 1. The van der Waals surface area contributed by atoms with Crippen molar-refractivity contribution in [2.75, 3.05) is 11.9 Å². The summed E-state index contributed by atoms with van der Waals surface area (Å²) < 4.78 is 0. The van der Waals surface area contributed by atoms with Crippen LogP contribution < -0.4 is 5.32 Å². The maximum Gasteiger partial charge on any atom is 0.323 e. The summed E-state index contributed by atoms with van der Waals surface area (Å²) in [5.41, 5.74) is 1.08. The smallest absolute Gasteiger partial charge is 0.316 e. The van der Waals surface area contributed by atoms with Gasteiger partial charge in [-0.05, 0) is 24.6 Å². The van der Waals surface area contributed by atoms with Crippen molar-refractivity contribution >= 4 is 11.8 Å². The van der Waals surface area contributed by atoms with Gasteiger partial charge in [0.25, 0.3) is 0 Å². The van der Waals surface area contributed by atoms with E-state index in [2.05, 4.69) is 34.1 Å². The Balaban J connectivity index is 1.78. The van der Waals surface area contributed by atoms with E-state index >= 15 is 0 Å². The lowest BCUT2D eigenvalue weighted by Gasteiger charge is -2.54. The van der Waals surface area contributed by atoms with Gasteiger partial charge in [-0.15, -0.1) is 0 Å². The van der Waals surface area contributed by atoms with Crippen molar-refractivity contribution in [2.45, 2.75) is 26.8 Å². The van der Waals surface area contributed by atoms with Crippen molar-refractivity contribution in [3.8, 4) is 0 Å². The van der Waals surface area contributed by atoms with Crippen LogP contribution in [0.1, 0.15) is 31.3 Å². The molecule has 3 heterocycles. The molecule has 2 aromatic heterocycles. The predicted octanol–water partition coefficient (Wildman–Crippen LogP) is 2.80. The largest absolute Gasteiger partial charge is 0.323 e. The normalized spacial score (nSPS) is 19.4. The van der Waals surface area contributed by atoms with Gasteiger partial charge in [0.2, 0.25) is 0 Å². The minimum Gasteiger partial charge on any atom is -0.316 e. The molecule has 0 saturated carbocycles. The number of hydrogen-bond acceptors (Lipinski definition) is 4. The van der Waals surface area contributed by atoms with Gasteiger partial charge in [-0.2, -0.15) is 0 Å². The first-order chi connectivity index (χ1) is 10.5. The second-order valence-corrected chi connectivity index (χ2v) is 6.22. The maximum atomic E-state index is 12.5. The molecule has 0 aromatic carbocycles. The summed E-state index contributed by atoms with van der Waals surface area (Å²) in [5, 5.41) is 2.84. The summed E-state index contributed by atoms with van der Waals surface area (Å²) in [6, 6.07) is 5.46. The van der Waals surface area contributed by atoms with E-state index in [9.17, 15) is 4.79 Å². The maximum absolute atomic E-state index is 12.5. The minimum absolute atomic E-state index is 0.0177. The van der Waals surface area contributed by atoms with Crippen molar-refractivity contribution in [1.29, 1.82) is 0 Å². The van der Waals surface area contributed by atoms with Gasteiger partial charge in [0.15, 0.2) is 0 Å². The molecule has 1 unspecified atom stereocenters. The molecule has 6 nitrogen and oxygen atoms in total. The number of nitrogens with zero attached hydrogens (tertiary/aromatic N) is 4. The first kappa shape index (κ1) is 14.4. The summed E-state index contributed by atoms with van der Waals surface area (Å²) in [6.07, 6.45) is 5.19. The quantitative estimate of drug-likeness (QED) is 0.925. The van der Waals surface area contributed by atoms with Crippen molar-refractivity contribution in [1.82, 2.24) is 19.9 Å². The highest BCUT2D eigenvalue weighted by Gasteiger charge is 2.49. The van der Waals surface area contributed by atoms with Crippen LogP contribution >= 0.6 is 0 Å². The third-order valence-electron chi connectivity index (χ3n) is 3.90. The fourth-order valence-electron chi connectivity index (χ4n) is 2.99. The third kappa shape index (κ3) is 2.64. The summed E-state index contributed by atoms with van der Waals surface area (Å²) in [7, 11) is 0. The second kappa shape index (κ2) is 5.36. The number of carbonyl (C=O) groups excluding carboxylic acids is 1. The molecule has 114 valence electrons. The van der Waals surface area contributed by atoms with Crippen LogP contribution in [0.5, 0.6) is 0 Å².